The van der Waals surface area contributed by atoms with Crippen LogP contribution in [0.15, 0.2) is 36.4 Å². The molecular weight excluding hydrogens is 288 g/mol. The lowest BCUT2D eigenvalue weighted by atomic mass is 10.1. The van der Waals surface area contributed by atoms with Crippen molar-refractivity contribution in [3.63, 3.8) is 0 Å². The van der Waals surface area contributed by atoms with E-state index < -0.39 is 0 Å². The molecule has 0 bridgehead atoms. The number of carbonyl (C=O) groups excluding carboxylic acids is 1. The normalized spacial score (nSPS) is 14.6. The second-order valence-electron chi connectivity index (χ2n) is 6.25. The molecule has 1 saturated heterocycles. The van der Waals surface area contributed by atoms with Crippen molar-refractivity contribution in [3.05, 3.63) is 53.3 Å². The van der Waals surface area contributed by atoms with Gasteiger partial charge in [0.25, 0.3) is 0 Å². The highest BCUT2D eigenvalue weighted by Crippen LogP contribution is 2.22. The third-order valence-electron chi connectivity index (χ3n) is 4.30. The van der Waals surface area contributed by atoms with Gasteiger partial charge in [-0.2, -0.15) is 5.10 Å². The molecule has 1 N–H and O–H groups in total. The first kappa shape index (κ1) is 15.6. The second kappa shape index (κ2) is 6.86. The maximum absolute atomic E-state index is 12.1. The van der Waals surface area contributed by atoms with Crippen LogP contribution < -0.4 is 5.32 Å². The minimum atomic E-state index is 0.0378. The van der Waals surface area contributed by atoms with Crippen molar-refractivity contribution in [2.75, 3.05) is 19.6 Å². The molecule has 0 atom stereocenters. The molecule has 1 aliphatic rings. The van der Waals surface area contributed by atoms with Crippen molar-refractivity contribution >= 4 is 6.03 Å². The van der Waals surface area contributed by atoms with Crippen molar-refractivity contribution < 1.29 is 4.79 Å². The van der Waals surface area contributed by atoms with Crippen LogP contribution in [-0.2, 0) is 6.42 Å². The molecule has 0 unspecified atom stereocenters. The molecule has 3 rings (SSSR count). The number of rotatable bonds is 5. The van der Waals surface area contributed by atoms with Crippen LogP contribution in [0.25, 0.3) is 0 Å². The molecule has 1 aliphatic heterocycles. The maximum Gasteiger partial charge on any atom is 0.317 e. The number of carbonyl (C=O) groups is 1. The van der Waals surface area contributed by atoms with Crippen LogP contribution in [0.1, 0.15) is 29.4 Å². The first-order chi connectivity index (χ1) is 11.1. The van der Waals surface area contributed by atoms with Gasteiger partial charge in [0.1, 0.15) is 0 Å². The summed E-state index contributed by atoms with van der Waals surface area (Å²) in [6.45, 7) is 6.26. The van der Waals surface area contributed by atoms with Gasteiger partial charge in [-0.3, -0.25) is 4.68 Å². The van der Waals surface area contributed by atoms with E-state index in [2.05, 4.69) is 35.5 Å². The van der Waals surface area contributed by atoms with E-state index >= 15 is 0 Å². The predicted molar refractivity (Wildman–Crippen MR) is 90.5 cm³/mol. The second-order valence-corrected chi connectivity index (χ2v) is 6.25. The van der Waals surface area contributed by atoms with Crippen LogP contribution in [0, 0.1) is 13.8 Å². The van der Waals surface area contributed by atoms with Crippen LogP contribution in [0.4, 0.5) is 4.79 Å². The number of likely N-dealkylation sites (tertiary alicyclic amines) is 1. The summed E-state index contributed by atoms with van der Waals surface area (Å²) in [4.78, 5) is 13.9. The van der Waals surface area contributed by atoms with Crippen molar-refractivity contribution in [3.8, 4) is 0 Å². The van der Waals surface area contributed by atoms with E-state index in [4.69, 9.17) is 0 Å². The molecule has 0 aliphatic carbocycles. The number of hydrogen-bond donors (Lipinski definition) is 1. The summed E-state index contributed by atoms with van der Waals surface area (Å²) in [5, 5.41) is 7.50. The standard InChI is InChI=1S/C18H24N4O/c1-14-11-15(2)22(20-14)17-12-21(13-17)18(23)19-10-6-9-16-7-4-3-5-8-16/h3-5,7-8,11,17H,6,9-10,12-13H2,1-2H3,(H,19,23). The maximum atomic E-state index is 12.1. The molecule has 2 heterocycles. The Kier molecular flexibility index (Phi) is 4.65. The monoisotopic (exact) mass is 312 g/mol. The third kappa shape index (κ3) is 3.73. The van der Waals surface area contributed by atoms with Gasteiger partial charge in [-0.1, -0.05) is 30.3 Å². The largest absolute Gasteiger partial charge is 0.338 e. The average molecular weight is 312 g/mol. The first-order valence-electron chi connectivity index (χ1n) is 8.23. The molecule has 5 heteroatoms. The summed E-state index contributed by atoms with van der Waals surface area (Å²) in [6.07, 6.45) is 1.96. The minimum absolute atomic E-state index is 0.0378. The Morgan fingerprint density at radius 1 is 1.26 bits per heavy atom. The molecule has 0 saturated carbocycles. The summed E-state index contributed by atoms with van der Waals surface area (Å²) < 4.78 is 2.04. The Balaban J connectivity index is 1.37. The Hall–Kier alpha value is -2.30. The Labute approximate surface area is 137 Å². The minimum Gasteiger partial charge on any atom is -0.338 e. The summed E-state index contributed by atoms with van der Waals surface area (Å²) in [5.74, 6) is 0. The number of aromatic nitrogens is 2. The molecular formula is C18H24N4O. The van der Waals surface area contributed by atoms with E-state index in [0.717, 1.165) is 43.9 Å². The number of aryl methyl sites for hydroxylation is 3. The van der Waals surface area contributed by atoms with E-state index in [-0.39, 0.29) is 6.03 Å². The number of nitrogens with one attached hydrogen (secondary N) is 1. The highest BCUT2D eigenvalue weighted by Gasteiger charge is 2.32. The average Bonchev–Trinajstić information content (AvgIpc) is 2.82. The summed E-state index contributed by atoms with van der Waals surface area (Å²) in [5.41, 5.74) is 3.51. The van der Waals surface area contributed by atoms with E-state index in [9.17, 15) is 4.79 Å². The molecule has 0 radical (unpaired) electrons. The zero-order chi connectivity index (χ0) is 16.2. The van der Waals surface area contributed by atoms with Gasteiger partial charge in [0, 0.05) is 25.3 Å². The van der Waals surface area contributed by atoms with Crippen molar-refractivity contribution in [1.29, 1.82) is 0 Å². The Bertz CT molecular complexity index is 659. The van der Waals surface area contributed by atoms with Gasteiger partial charge in [0.15, 0.2) is 0 Å². The van der Waals surface area contributed by atoms with E-state index in [1.807, 2.05) is 34.7 Å². The quantitative estimate of drug-likeness (QED) is 0.863. The zero-order valence-corrected chi connectivity index (χ0v) is 13.8. The summed E-state index contributed by atoms with van der Waals surface area (Å²) >= 11 is 0. The molecule has 2 aromatic rings. The Morgan fingerprint density at radius 3 is 2.65 bits per heavy atom. The number of hydrogen-bond acceptors (Lipinski definition) is 2. The van der Waals surface area contributed by atoms with Gasteiger partial charge in [0.05, 0.1) is 11.7 Å². The number of benzene rings is 1. The fourth-order valence-corrected chi connectivity index (χ4v) is 3.04. The lowest BCUT2D eigenvalue weighted by Gasteiger charge is -2.39. The van der Waals surface area contributed by atoms with Crippen molar-refractivity contribution in [1.82, 2.24) is 20.0 Å². The van der Waals surface area contributed by atoms with Crippen LogP contribution in [0.2, 0.25) is 0 Å². The Morgan fingerprint density at radius 2 is 2.00 bits per heavy atom. The van der Waals surface area contributed by atoms with Gasteiger partial charge >= 0.3 is 6.03 Å². The lowest BCUT2D eigenvalue weighted by molar-refractivity contribution is 0.117. The molecule has 1 aromatic heterocycles. The molecule has 122 valence electrons. The number of amides is 2. The van der Waals surface area contributed by atoms with E-state index in [1.54, 1.807) is 0 Å². The smallest absolute Gasteiger partial charge is 0.317 e. The molecule has 1 fully saturated rings. The van der Waals surface area contributed by atoms with Gasteiger partial charge in [-0.15, -0.1) is 0 Å². The van der Waals surface area contributed by atoms with Crippen molar-refractivity contribution in [2.24, 2.45) is 0 Å². The van der Waals surface area contributed by atoms with Crippen molar-refractivity contribution in [2.45, 2.75) is 32.7 Å². The molecule has 1 aromatic carbocycles. The number of nitrogens with zero attached hydrogens (tertiary/aromatic N) is 3. The summed E-state index contributed by atoms with van der Waals surface area (Å²) in [6, 6.07) is 12.8. The fraction of sp³-hybridized carbons (Fsp3) is 0.444. The van der Waals surface area contributed by atoms with Gasteiger partial charge < -0.3 is 10.2 Å². The molecule has 0 spiro atoms. The molecule has 23 heavy (non-hydrogen) atoms. The van der Waals surface area contributed by atoms with Gasteiger partial charge in [-0.05, 0) is 38.3 Å². The van der Waals surface area contributed by atoms with Crippen LogP contribution in [-0.4, -0.2) is 40.3 Å². The zero-order valence-electron chi connectivity index (χ0n) is 13.8. The van der Waals surface area contributed by atoms with Crippen LogP contribution in [0.3, 0.4) is 0 Å². The van der Waals surface area contributed by atoms with E-state index in [1.165, 1.54) is 5.56 Å². The van der Waals surface area contributed by atoms with Crippen LogP contribution in [0.5, 0.6) is 0 Å². The predicted octanol–water partition coefficient (Wildman–Crippen LogP) is 2.70. The highest BCUT2D eigenvalue weighted by molar-refractivity contribution is 5.75. The number of urea groups is 1. The lowest BCUT2D eigenvalue weighted by Crippen LogP contribution is -2.54. The molecule has 2 amide bonds. The van der Waals surface area contributed by atoms with E-state index in [0.29, 0.717) is 6.04 Å². The third-order valence-corrected chi connectivity index (χ3v) is 4.30. The van der Waals surface area contributed by atoms with Gasteiger partial charge in [0.2, 0.25) is 0 Å². The highest BCUT2D eigenvalue weighted by atomic mass is 16.2. The topological polar surface area (TPSA) is 50.2 Å². The van der Waals surface area contributed by atoms with Crippen LogP contribution >= 0.6 is 0 Å². The fourth-order valence-electron chi connectivity index (χ4n) is 3.04. The SMILES string of the molecule is Cc1cc(C)n(C2CN(C(=O)NCCCc3ccccc3)C2)n1. The summed E-state index contributed by atoms with van der Waals surface area (Å²) in [7, 11) is 0. The van der Waals surface area contributed by atoms with Gasteiger partial charge in [-0.25, -0.2) is 4.79 Å². The molecule has 5 nitrogen and oxygen atoms in total. The first-order valence-corrected chi connectivity index (χ1v) is 8.23.